The smallest absolute Gasteiger partial charge is 0.308 e. The van der Waals surface area contributed by atoms with Gasteiger partial charge in [0.2, 0.25) is 0 Å². The lowest BCUT2D eigenvalue weighted by molar-refractivity contribution is -0.384. The van der Waals surface area contributed by atoms with E-state index in [0.717, 1.165) is 0 Å². The third kappa shape index (κ3) is 3.00. The summed E-state index contributed by atoms with van der Waals surface area (Å²) in [4.78, 5) is 38.4. The first-order chi connectivity index (χ1) is 9.06. The first kappa shape index (κ1) is 12.4. The molecule has 0 saturated carbocycles. The predicted octanol–water partition coefficient (Wildman–Crippen LogP) is 0.930. The van der Waals surface area contributed by atoms with E-state index in [1.165, 1.54) is 36.5 Å². The highest BCUT2D eigenvalue weighted by Crippen LogP contribution is 2.12. The van der Waals surface area contributed by atoms with Crippen molar-refractivity contribution in [3.8, 4) is 0 Å². The van der Waals surface area contributed by atoms with Gasteiger partial charge in [0.05, 0.1) is 4.92 Å². The number of hydrogen-bond acceptors (Lipinski definition) is 5. The first-order valence-electron chi connectivity index (χ1n) is 5.17. The Morgan fingerprint density at radius 1 is 1.26 bits per heavy atom. The molecule has 1 aromatic carbocycles. The molecule has 0 spiro atoms. The van der Waals surface area contributed by atoms with E-state index in [2.05, 4.69) is 15.3 Å². The van der Waals surface area contributed by atoms with Crippen LogP contribution < -0.4 is 11.0 Å². The van der Waals surface area contributed by atoms with Crippen molar-refractivity contribution in [2.45, 2.75) is 0 Å². The first-order valence-corrected chi connectivity index (χ1v) is 5.17. The van der Waals surface area contributed by atoms with E-state index in [-0.39, 0.29) is 17.1 Å². The zero-order valence-corrected chi connectivity index (χ0v) is 9.49. The highest BCUT2D eigenvalue weighted by atomic mass is 16.6. The maximum absolute atomic E-state index is 11.8. The van der Waals surface area contributed by atoms with Gasteiger partial charge >= 0.3 is 5.69 Å². The van der Waals surface area contributed by atoms with Crippen molar-refractivity contribution >= 4 is 17.4 Å². The van der Waals surface area contributed by atoms with E-state index in [1.54, 1.807) is 0 Å². The fourth-order valence-electron chi connectivity index (χ4n) is 1.37. The molecular weight excluding hydrogens is 252 g/mol. The van der Waals surface area contributed by atoms with Crippen molar-refractivity contribution in [1.29, 1.82) is 0 Å². The van der Waals surface area contributed by atoms with Crippen molar-refractivity contribution in [3.63, 3.8) is 0 Å². The number of benzene rings is 1. The van der Waals surface area contributed by atoms with E-state index in [1.807, 2.05) is 0 Å². The van der Waals surface area contributed by atoms with Gasteiger partial charge in [-0.15, -0.1) is 0 Å². The van der Waals surface area contributed by atoms with Crippen LogP contribution >= 0.6 is 0 Å². The number of hydrogen-bond donors (Lipinski definition) is 2. The van der Waals surface area contributed by atoms with Crippen LogP contribution in [0.3, 0.4) is 0 Å². The van der Waals surface area contributed by atoms with Crippen LogP contribution in [0.1, 0.15) is 10.4 Å². The fraction of sp³-hybridized carbons (Fsp3) is 0. The lowest BCUT2D eigenvalue weighted by atomic mass is 10.2. The van der Waals surface area contributed by atoms with Gasteiger partial charge in [0.15, 0.2) is 0 Å². The van der Waals surface area contributed by atoms with Gasteiger partial charge in [0.1, 0.15) is 5.82 Å². The van der Waals surface area contributed by atoms with Gasteiger partial charge in [-0.1, -0.05) is 0 Å². The fourth-order valence-corrected chi connectivity index (χ4v) is 1.37. The number of aromatic nitrogens is 2. The minimum absolute atomic E-state index is 0.103. The Balaban J connectivity index is 2.16. The molecule has 0 saturated heterocycles. The van der Waals surface area contributed by atoms with E-state index in [0.29, 0.717) is 0 Å². The number of nitro benzene ring substituents is 1. The molecule has 8 nitrogen and oxygen atoms in total. The van der Waals surface area contributed by atoms with Crippen LogP contribution in [0.15, 0.2) is 41.3 Å². The van der Waals surface area contributed by atoms with Gasteiger partial charge in [0, 0.05) is 23.9 Å². The van der Waals surface area contributed by atoms with Crippen molar-refractivity contribution in [2.24, 2.45) is 0 Å². The molecule has 19 heavy (non-hydrogen) atoms. The second kappa shape index (κ2) is 5.08. The molecule has 1 aromatic heterocycles. The molecule has 0 aliphatic rings. The number of anilines is 1. The number of nitrogens with one attached hydrogen (secondary N) is 2. The molecule has 0 bridgehead atoms. The molecule has 1 amide bonds. The molecule has 0 fully saturated rings. The zero-order valence-electron chi connectivity index (χ0n) is 9.49. The summed E-state index contributed by atoms with van der Waals surface area (Å²) >= 11 is 0. The summed E-state index contributed by atoms with van der Waals surface area (Å²) in [5, 5.41) is 12.9. The molecule has 0 atom stereocenters. The molecule has 1 heterocycles. The topological polar surface area (TPSA) is 118 Å². The lowest BCUT2D eigenvalue weighted by Crippen LogP contribution is -2.17. The standard InChI is InChI=1S/C11H8N4O4/c16-10(13-9-5-6-12-11(17)14-9)7-1-3-8(4-2-7)15(18)19/h1-6H,(H2,12,13,14,16,17). The van der Waals surface area contributed by atoms with Crippen LogP contribution in [-0.4, -0.2) is 20.8 Å². The van der Waals surface area contributed by atoms with E-state index in [9.17, 15) is 19.7 Å². The van der Waals surface area contributed by atoms with Crippen LogP contribution in [0.2, 0.25) is 0 Å². The Bertz CT molecular complexity index is 678. The normalized spacial score (nSPS) is 9.89. The third-order valence-electron chi connectivity index (χ3n) is 2.26. The molecule has 2 N–H and O–H groups in total. The second-order valence-electron chi connectivity index (χ2n) is 3.55. The minimum atomic E-state index is -0.582. The van der Waals surface area contributed by atoms with Crippen LogP contribution in [0.25, 0.3) is 0 Å². The molecule has 0 aliphatic heterocycles. The Morgan fingerprint density at radius 3 is 2.53 bits per heavy atom. The van der Waals surface area contributed by atoms with Crippen molar-refractivity contribution in [1.82, 2.24) is 9.97 Å². The molecule has 8 heteroatoms. The molecule has 0 aliphatic carbocycles. The highest BCUT2D eigenvalue weighted by molar-refractivity contribution is 6.03. The Labute approximate surface area is 106 Å². The van der Waals surface area contributed by atoms with E-state index >= 15 is 0 Å². The molecule has 0 unspecified atom stereocenters. The average Bonchev–Trinajstić information content (AvgIpc) is 2.39. The van der Waals surface area contributed by atoms with Gasteiger partial charge in [-0.25, -0.2) is 9.78 Å². The Kier molecular flexibility index (Phi) is 3.33. The number of carbonyl (C=O) groups is 1. The third-order valence-corrected chi connectivity index (χ3v) is 2.26. The van der Waals surface area contributed by atoms with Gasteiger partial charge < -0.3 is 5.32 Å². The molecule has 2 rings (SSSR count). The minimum Gasteiger partial charge on any atom is -0.308 e. The van der Waals surface area contributed by atoms with Crippen LogP contribution in [0, 0.1) is 10.1 Å². The SMILES string of the molecule is O=C(Nc1ccnc(=O)[nH]1)c1ccc([N+](=O)[O-])cc1. The van der Waals surface area contributed by atoms with Crippen LogP contribution in [0.5, 0.6) is 0 Å². The summed E-state index contributed by atoms with van der Waals surface area (Å²) in [6.07, 6.45) is 1.25. The van der Waals surface area contributed by atoms with Crippen molar-refractivity contribution < 1.29 is 9.72 Å². The highest BCUT2D eigenvalue weighted by Gasteiger charge is 2.09. The monoisotopic (exact) mass is 260 g/mol. The summed E-state index contributed by atoms with van der Waals surface area (Å²) in [5.41, 5.74) is -0.446. The summed E-state index contributed by atoms with van der Waals surface area (Å²) in [5.74, 6) is -0.292. The zero-order chi connectivity index (χ0) is 13.8. The number of non-ortho nitro benzene ring substituents is 1. The quantitative estimate of drug-likeness (QED) is 0.628. The average molecular weight is 260 g/mol. The summed E-state index contributed by atoms with van der Waals surface area (Å²) in [6, 6.07) is 6.53. The van der Waals surface area contributed by atoms with Crippen LogP contribution in [0.4, 0.5) is 11.5 Å². The summed E-state index contributed by atoms with van der Waals surface area (Å²) in [7, 11) is 0. The number of carbonyl (C=O) groups excluding carboxylic acids is 1. The maximum Gasteiger partial charge on any atom is 0.346 e. The number of aromatic amines is 1. The van der Waals surface area contributed by atoms with Crippen LogP contribution in [-0.2, 0) is 0 Å². The van der Waals surface area contributed by atoms with Gasteiger partial charge in [0.25, 0.3) is 11.6 Å². The second-order valence-corrected chi connectivity index (χ2v) is 3.55. The number of nitro groups is 1. The largest absolute Gasteiger partial charge is 0.346 e. The predicted molar refractivity (Wildman–Crippen MR) is 65.9 cm³/mol. The van der Waals surface area contributed by atoms with Gasteiger partial charge in [-0.3, -0.25) is 19.9 Å². The van der Waals surface area contributed by atoms with E-state index in [4.69, 9.17) is 0 Å². The molecule has 0 radical (unpaired) electrons. The molecule has 2 aromatic rings. The lowest BCUT2D eigenvalue weighted by Gasteiger charge is -2.03. The number of nitrogens with zero attached hydrogens (tertiary/aromatic N) is 2. The molecule has 96 valence electrons. The summed E-state index contributed by atoms with van der Waals surface area (Å²) < 4.78 is 0. The number of amides is 1. The number of H-pyrrole nitrogens is 1. The van der Waals surface area contributed by atoms with E-state index < -0.39 is 16.5 Å². The molecular formula is C11H8N4O4. The summed E-state index contributed by atoms with van der Waals surface area (Å²) in [6.45, 7) is 0. The maximum atomic E-state index is 11.8. The van der Waals surface area contributed by atoms with Gasteiger partial charge in [-0.05, 0) is 18.2 Å². The Hall–Kier alpha value is -3.03. The Morgan fingerprint density at radius 2 is 1.95 bits per heavy atom. The van der Waals surface area contributed by atoms with Crippen molar-refractivity contribution in [2.75, 3.05) is 5.32 Å². The van der Waals surface area contributed by atoms with Gasteiger partial charge in [-0.2, -0.15) is 0 Å². The van der Waals surface area contributed by atoms with Crippen molar-refractivity contribution in [3.05, 3.63) is 62.7 Å². The number of rotatable bonds is 3.